The van der Waals surface area contributed by atoms with E-state index in [4.69, 9.17) is 4.98 Å². The summed E-state index contributed by atoms with van der Waals surface area (Å²) in [5, 5.41) is 0. The van der Waals surface area contributed by atoms with Crippen LogP contribution in [0, 0.1) is 0 Å². The minimum absolute atomic E-state index is 0.0334. The lowest BCUT2D eigenvalue weighted by molar-refractivity contribution is -0.129. The molecule has 0 radical (unpaired) electrons. The molecule has 3 heterocycles. The van der Waals surface area contributed by atoms with Gasteiger partial charge in [0.05, 0.1) is 11.7 Å². The summed E-state index contributed by atoms with van der Waals surface area (Å²) in [6.45, 7) is 7.81. The molecule has 2 aliphatic rings. The maximum atomic E-state index is 12.0. The largest absolute Gasteiger partial charge is 0.329 e. The van der Waals surface area contributed by atoms with Crippen LogP contribution in [0.25, 0.3) is 0 Å². The number of carbonyl (C=O) groups is 1. The second-order valence-corrected chi connectivity index (χ2v) is 5.69. The summed E-state index contributed by atoms with van der Waals surface area (Å²) >= 11 is 0. The first-order valence-corrected chi connectivity index (χ1v) is 6.92. The third kappa shape index (κ3) is 1.86. The molecule has 0 saturated carbocycles. The third-order valence-corrected chi connectivity index (χ3v) is 4.15. The van der Waals surface area contributed by atoms with Crippen LogP contribution in [0.3, 0.4) is 0 Å². The SMILES string of the molecule is C=CC(=O)N1C2CCC1c1cnc(C(C)C)nc1C2. The highest BCUT2D eigenvalue weighted by Crippen LogP contribution is 2.43. The molecule has 2 unspecified atom stereocenters. The summed E-state index contributed by atoms with van der Waals surface area (Å²) in [6, 6.07) is 0.443. The van der Waals surface area contributed by atoms with Crippen molar-refractivity contribution in [1.29, 1.82) is 0 Å². The third-order valence-electron chi connectivity index (χ3n) is 4.15. The van der Waals surface area contributed by atoms with Crippen molar-refractivity contribution in [3.63, 3.8) is 0 Å². The molecule has 3 rings (SSSR count). The lowest BCUT2D eigenvalue weighted by Gasteiger charge is -2.35. The molecule has 1 saturated heterocycles. The molecule has 2 atom stereocenters. The van der Waals surface area contributed by atoms with Crippen LogP contribution in [0.2, 0.25) is 0 Å². The smallest absolute Gasteiger partial charge is 0.246 e. The van der Waals surface area contributed by atoms with Gasteiger partial charge in [-0.1, -0.05) is 20.4 Å². The summed E-state index contributed by atoms with van der Waals surface area (Å²) in [7, 11) is 0. The summed E-state index contributed by atoms with van der Waals surface area (Å²) in [5.41, 5.74) is 2.27. The molecule has 1 aromatic heterocycles. The molecule has 2 bridgehead atoms. The van der Waals surface area contributed by atoms with Gasteiger partial charge in [-0.05, 0) is 18.9 Å². The zero-order valence-electron chi connectivity index (χ0n) is 11.5. The molecule has 2 aliphatic heterocycles. The minimum atomic E-state index is 0.0334. The number of hydrogen-bond acceptors (Lipinski definition) is 3. The van der Waals surface area contributed by atoms with Crippen molar-refractivity contribution in [2.24, 2.45) is 0 Å². The molecule has 1 aromatic rings. The number of carbonyl (C=O) groups excluding carboxylic acids is 1. The maximum Gasteiger partial charge on any atom is 0.246 e. The topological polar surface area (TPSA) is 46.1 Å². The molecule has 0 aliphatic carbocycles. The second kappa shape index (κ2) is 4.44. The highest BCUT2D eigenvalue weighted by molar-refractivity contribution is 5.88. The number of hydrogen-bond donors (Lipinski definition) is 0. The standard InChI is InChI=1S/C15H19N3O/c1-4-14(19)18-10-5-6-13(18)11-8-16-15(9(2)3)17-12(11)7-10/h4,8-10,13H,1,5-7H2,2-3H3. The molecular weight excluding hydrogens is 238 g/mol. The average Bonchev–Trinajstić information content (AvgIpc) is 2.72. The van der Waals surface area contributed by atoms with Crippen LogP contribution in [-0.4, -0.2) is 26.8 Å². The van der Waals surface area contributed by atoms with Crippen LogP contribution in [0.4, 0.5) is 0 Å². The molecule has 19 heavy (non-hydrogen) atoms. The van der Waals surface area contributed by atoms with E-state index in [9.17, 15) is 4.79 Å². The Morgan fingerprint density at radius 1 is 1.53 bits per heavy atom. The minimum Gasteiger partial charge on any atom is -0.329 e. The van der Waals surface area contributed by atoms with Gasteiger partial charge in [0, 0.05) is 30.1 Å². The lowest BCUT2D eigenvalue weighted by atomic mass is 9.98. The zero-order chi connectivity index (χ0) is 13.6. The Bertz CT molecular complexity index is 538. The van der Waals surface area contributed by atoms with Crippen molar-refractivity contribution in [2.45, 2.75) is 51.1 Å². The Kier molecular flexibility index (Phi) is 2.88. The van der Waals surface area contributed by atoms with Crippen LogP contribution in [0.1, 0.15) is 55.7 Å². The van der Waals surface area contributed by atoms with Crippen molar-refractivity contribution in [1.82, 2.24) is 14.9 Å². The van der Waals surface area contributed by atoms with Crippen LogP contribution < -0.4 is 0 Å². The number of amides is 1. The fraction of sp³-hybridized carbons (Fsp3) is 0.533. The fourth-order valence-electron chi connectivity index (χ4n) is 3.21. The van der Waals surface area contributed by atoms with Crippen LogP contribution in [0.5, 0.6) is 0 Å². The summed E-state index contributed by atoms with van der Waals surface area (Å²) in [4.78, 5) is 23.1. The molecule has 100 valence electrons. The predicted molar refractivity (Wildman–Crippen MR) is 72.6 cm³/mol. The van der Waals surface area contributed by atoms with E-state index in [1.54, 1.807) is 0 Å². The number of aromatic nitrogens is 2. The van der Waals surface area contributed by atoms with Crippen LogP contribution >= 0.6 is 0 Å². The van der Waals surface area contributed by atoms with Crippen molar-refractivity contribution in [3.8, 4) is 0 Å². The van der Waals surface area contributed by atoms with Crippen LogP contribution in [0.15, 0.2) is 18.9 Å². The molecule has 4 nitrogen and oxygen atoms in total. The maximum absolute atomic E-state index is 12.0. The van der Waals surface area contributed by atoms with Crippen LogP contribution in [-0.2, 0) is 11.2 Å². The first-order chi connectivity index (χ1) is 9.11. The van der Waals surface area contributed by atoms with E-state index in [1.165, 1.54) is 6.08 Å². The monoisotopic (exact) mass is 257 g/mol. The number of fused-ring (bicyclic) bond motifs is 4. The van der Waals surface area contributed by atoms with Gasteiger partial charge in [0.25, 0.3) is 0 Å². The molecule has 1 fully saturated rings. The van der Waals surface area contributed by atoms with Gasteiger partial charge in [0.2, 0.25) is 5.91 Å². The Morgan fingerprint density at radius 2 is 2.32 bits per heavy atom. The van der Waals surface area contributed by atoms with E-state index in [0.29, 0.717) is 5.92 Å². The van der Waals surface area contributed by atoms with Crippen molar-refractivity contribution in [3.05, 3.63) is 35.9 Å². The van der Waals surface area contributed by atoms with Gasteiger partial charge in [-0.3, -0.25) is 4.79 Å². The summed E-state index contributed by atoms with van der Waals surface area (Å²) in [5.74, 6) is 1.28. The number of rotatable bonds is 2. The lowest BCUT2D eigenvalue weighted by Crippen LogP contribution is -2.41. The van der Waals surface area contributed by atoms with Gasteiger partial charge in [0.1, 0.15) is 5.82 Å². The molecule has 4 heteroatoms. The first kappa shape index (κ1) is 12.3. The molecule has 1 amide bonds. The van der Waals surface area contributed by atoms with Crippen molar-refractivity contribution < 1.29 is 4.79 Å². The highest BCUT2D eigenvalue weighted by atomic mass is 16.2. The Hall–Kier alpha value is -1.71. The van der Waals surface area contributed by atoms with Crippen molar-refractivity contribution >= 4 is 5.91 Å². The molecule has 0 aromatic carbocycles. The van der Waals surface area contributed by atoms with Gasteiger partial charge in [-0.2, -0.15) is 0 Å². The average molecular weight is 257 g/mol. The Labute approximate surface area is 113 Å². The van der Waals surface area contributed by atoms with E-state index in [1.807, 2.05) is 11.1 Å². The van der Waals surface area contributed by atoms with Gasteiger partial charge in [0.15, 0.2) is 0 Å². The predicted octanol–water partition coefficient (Wildman–Crippen LogP) is 2.37. The van der Waals surface area contributed by atoms with E-state index >= 15 is 0 Å². The molecule has 0 spiro atoms. The summed E-state index contributed by atoms with van der Waals surface area (Å²) < 4.78 is 0. The normalized spacial score (nSPS) is 24.5. The Morgan fingerprint density at radius 3 is 3.00 bits per heavy atom. The highest BCUT2D eigenvalue weighted by Gasteiger charge is 2.42. The van der Waals surface area contributed by atoms with Gasteiger partial charge in [-0.25, -0.2) is 9.97 Å². The van der Waals surface area contributed by atoms with Gasteiger partial charge in [-0.15, -0.1) is 0 Å². The second-order valence-electron chi connectivity index (χ2n) is 5.69. The quantitative estimate of drug-likeness (QED) is 0.764. The molecule has 0 N–H and O–H groups in total. The Balaban J connectivity index is 2.00. The van der Waals surface area contributed by atoms with Gasteiger partial charge >= 0.3 is 0 Å². The van der Waals surface area contributed by atoms with E-state index in [-0.39, 0.29) is 18.0 Å². The van der Waals surface area contributed by atoms with Crippen molar-refractivity contribution in [2.75, 3.05) is 0 Å². The zero-order valence-corrected chi connectivity index (χ0v) is 11.5. The van der Waals surface area contributed by atoms with E-state index in [0.717, 1.165) is 36.3 Å². The molecular formula is C15H19N3O. The van der Waals surface area contributed by atoms with E-state index < -0.39 is 0 Å². The summed E-state index contributed by atoms with van der Waals surface area (Å²) in [6.07, 6.45) is 6.26. The fourth-order valence-corrected chi connectivity index (χ4v) is 3.21. The first-order valence-electron chi connectivity index (χ1n) is 6.92. The van der Waals surface area contributed by atoms with E-state index in [2.05, 4.69) is 25.4 Å². The van der Waals surface area contributed by atoms with Gasteiger partial charge < -0.3 is 4.90 Å². The number of nitrogens with zero attached hydrogens (tertiary/aromatic N) is 3.